The molecule has 4 atom stereocenters. The summed E-state index contributed by atoms with van der Waals surface area (Å²) < 4.78 is 65.0. The predicted octanol–water partition coefficient (Wildman–Crippen LogP) is 0.428. The molecular weight excluding hydrogens is 348 g/mol. The van der Waals surface area contributed by atoms with Crippen LogP contribution in [0.15, 0.2) is 9.59 Å². The molecule has 3 rings (SSSR count). The summed E-state index contributed by atoms with van der Waals surface area (Å²) in [5, 5.41) is 0. The second-order valence-corrected chi connectivity index (χ2v) is 6.41. The summed E-state index contributed by atoms with van der Waals surface area (Å²) in [6.45, 7) is -0.357. The lowest BCUT2D eigenvalue weighted by Crippen LogP contribution is -2.34. The Morgan fingerprint density at radius 1 is 1.22 bits per heavy atom. The Morgan fingerprint density at radius 2 is 1.91 bits per heavy atom. The number of H-pyrrole nitrogens is 2. The number of ether oxygens (including phenoxy) is 1. The Bertz CT molecular complexity index is 788. The summed E-state index contributed by atoms with van der Waals surface area (Å²) in [5.74, 6) is 0. The van der Waals surface area contributed by atoms with E-state index < -0.39 is 54.8 Å². The van der Waals surface area contributed by atoms with Gasteiger partial charge in [-0.05, 0) is 0 Å². The zero-order valence-corrected chi connectivity index (χ0v) is 12.0. The van der Waals surface area contributed by atoms with Crippen molar-refractivity contribution in [3.05, 3.63) is 32.1 Å². The molecular formula is C10H10F3N2O7P. The Morgan fingerprint density at radius 3 is 2.57 bits per heavy atom. The van der Waals surface area contributed by atoms with Gasteiger partial charge in [-0.2, -0.15) is 13.2 Å². The number of aromatic amines is 2. The maximum Gasteiger partial charge on any atom is 0.472 e. The van der Waals surface area contributed by atoms with Crippen LogP contribution in [0.4, 0.5) is 13.2 Å². The second-order valence-electron chi connectivity index (χ2n) is 5.00. The van der Waals surface area contributed by atoms with Gasteiger partial charge < -0.3 is 14.6 Å². The predicted molar refractivity (Wildman–Crippen MR) is 65.6 cm³/mol. The van der Waals surface area contributed by atoms with Gasteiger partial charge in [-0.15, -0.1) is 0 Å². The monoisotopic (exact) mass is 358 g/mol. The minimum Gasteiger partial charge on any atom is -0.363 e. The van der Waals surface area contributed by atoms with Crippen molar-refractivity contribution in [3.63, 3.8) is 0 Å². The Balaban J connectivity index is 1.99. The molecule has 0 saturated carbocycles. The normalized spacial score (nSPS) is 34.3. The van der Waals surface area contributed by atoms with Gasteiger partial charge in [-0.3, -0.25) is 18.8 Å². The number of alkyl halides is 3. The van der Waals surface area contributed by atoms with E-state index >= 15 is 0 Å². The summed E-state index contributed by atoms with van der Waals surface area (Å²) in [7, 11) is -4.28. The van der Waals surface area contributed by atoms with Crippen molar-refractivity contribution in [1.29, 1.82) is 0 Å². The average molecular weight is 358 g/mol. The molecule has 3 heterocycles. The minimum atomic E-state index is -5.02. The molecule has 128 valence electrons. The molecule has 2 fully saturated rings. The number of rotatable bonds is 1. The lowest BCUT2D eigenvalue weighted by atomic mass is 10.1. The zero-order valence-electron chi connectivity index (χ0n) is 11.1. The summed E-state index contributed by atoms with van der Waals surface area (Å²) in [6.07, 6.45) is -8.49. The first-order valence-electron chi connectivity index (χ1n) is 6.32. The third-order valence-electron chi connectivity index (χ3n) is 3.45. The highest BCUT2D eigenvalue weighted by molar-refractivity contribution is 7.47. The summed E-state index contributed by atoms with van der Waals surface area (Å²) in [5.41, 5.74) is -5.06. The van der Waals surface area contributed by atoms with E-state index in [1.165, 1.54) is 4.98 Å². The quantitative estimate of drug-likeness (QED) is 0.621. The first-order valence-corrected chi connectivity index (χ1v) is 7.81. The third-order valence-corrected chi connectivity index (χ3v) is 4.46. The van der Waals surface area contributed by atoms with E-state index in [0.717, 1.165) is 0 Å². The van der Waals surface area contributed by atoms with Crippen LogP contribution in [0.1, 0.15) is 23.8 Å². The standard InChI is InChI=1S/C10H10F3N2O7P/c11-10(12,13)6-7(14-9(17)15-8(6)16)4-1-3-5(21-4)2-20-23(18,19)22-3/h3-5H,1-2H2,(H,18,19)(H2,14,15,16,17). The van der Waals surface area contributed by atoms with Gasteiger partial charge in [-0.25, -0.2) is 9.36 Å². The van der Waals surface area contributed by atoms with Crippen LogP contribution < -0.4 is 11.2 Å². The molecule has 9 nitrogen and oxygen atoms in total. The Kier molecular flexibility index (Phi) is 3.76. The fraction of sp³-hybridized carbons (Fsp3) is 0.600. The van der Waals surface area contributed by atoms with Crippen molar-refractivity contribution in [2.45, 2.75) is 30.9 Å². The van der Waals surface area contributed by atoms with Gasteiger partial charge in [0, 0.05) is 6.42 Å². The van der Waals surface area contributed by atoms with E-state index in [1.54, 1.807) is 0 Å². The summed E-state index contributed by atoms with van der Waals surface area (Å²) in [4.78, 5) is 35.4. The molecule has 2 aliphatic rings. The number of fused-ring (bicyclic) bond motifs is 1. The SMILES string of the molecule is O=c1[nH]c(C2CC3OP(=O)(O)OCC3O2)c(C(F)(F)F)c(=O)[nH]1. The molecule has 3 N–H and O–H groups in total. The van der Waals surface area contributed by atoms with Crippen LogP contribution >= 0.6 is 7.82 Å². The topological polar surface area (TPSA) is 131 Å². The lowest BCUT2D eigenvalue weighted by molar-refractivity contribution is -0.141. The van der Waals surface area contributed by atoms with Crippen LogP contribution in [0.5, 0.6) is 0 Å². The van der Waals surface area contributed by atoms with Crippen molar-refractivity contribution >= 4 is 7.82 Å². The highest BCUT2D eigenvalue weighted by Crippen LogP contribution is 2.53. The van der Waals surface area contributed by atoms with Gasteiger partial charge in [0.25, 0.3) is 5.56 Å². The maximum absolute atomic E-state index is 13.0. The fourth-order valence-corrected chi connectivity index (χ4v) is 3.52. The maximum atomic E-state index is 13.0. The van der Waals surface area contributed by atoms with Crippen molar-refractivity contribution in [3.8, 4) is 0 Å². The molecule has 0 spiro atoms. The highest BCUT2D eigenvalue weighted by atomic mass is 31.2. The van der Waals surface area contributed by atoms with Crippen molar-refractivity contribution in [1.82, 2.24) is 9.97 Å². The van der Waals surface area contributed by atoms with Crippen LogP contribution in [-0.4, -0.2) is 33.7 Å². The molecule has 0 amide bonds. The highest BCUT2D eigenvalue weighted by Gasteiger charge is 2.49. The summed E-state index contributed by atoms with van der Waals surface area (Å²) in [6, 6.07) is 0. The lowest BCUT2D eigenvalue weighted by Gasteiger charge is -2.26. The van der Waals surface area contributed by atoms with E-state index in [4.69, 9.17) is 9.26 Å². The van der Waals surface area contributed by atoms with E-state index in [9.17, 15) is 32.2 Å². The molecule has 4 unspecified atom stereocenters. The number of hydrogen-bond acceptors (Lipinski definition) is 6. The molecule has 2 saturated heterocycles. The Hall–Kier alpha value is -1.46. The minimum absolute atomic E-state index is 0.249. The van der Waals surface area contributed by atoms with Gasteiger partial charge in [0.2, 0.25) is 0 Å². The van der Waals surface area contributed by atoms with Crippen molar-refractivity contribution in [2.24, 2.45) is 0 Å². The van der Waals surface area contributed by atoms with Crippen LogP contribution in [0.2, 0.25) is 0 Å². The van der Waals surface area contributed by atoms with Crippen LogP contribution in [0, 0.1) is 0 Å². The van der Waals surface area contributed by atoms with E-state index in [0.29, 0.717) is 0 Å². The molecule has 23 heavy (non-hydrogen) atoms. The fourth-order valence-electron chi connectivity index (χ4n) is 2.56. The number of phosphoric acid groups is 1. The second kappa shape index (κ2) is 5.28. The first kappa shape index (κ1) is 16.4. The molecule has 1 aromatic heterocycles. The van der Waals surface area contributed by atoms with Gasteiger partial charge in [0.1, 0.15) is 23.9 Å². The molecule has 13 heteroatoms. The summed E-state index contributed by atoms with van der Waals surface area (Å²) >= 11 is 0. The molecule has 0 bridgehead atoms. The number of nitrogens with one attached hydrogen (secondary N) is 2. The third kappa shape index (κ3) is 3.12. The van der Waals surface area contributed by atoms with Crippen LogP contribution in [0.3, 0.4) is 0 Å². The number of hydrogen-bond donors (Lipinski definition) is 3. The van der Waals surface area contributed by atoms with Gasteiger partial charge in [-0.1, -0.05) is 0 Å². The zero-order chi connectivity index (χ0) is 17.0. The smallest absolute Gasteiger partial charge is 0.363 e. The molecule has 0 radical (unpaired) electrons. The number of phosphoric ester groups is 1. The number of aromatic nitrogens is 2. The first-order chi connectivity index (χ1) is 10.6. The largest absolute Gasteiger partial charge is 0.472 e. The van der Waals surface area contributed by atoms with Gasteiger partial charge in [0.05, 0.1) is 12.3 Å². The molecule has 1 aromatic rings. The van der Waals surface area contributed by atoms with Gasteiger partial charge >= 0.3 is 19.7 Å². The number of halogens is 3. The van der Waals surface area contributed by atoms with E-state index in [1.807, 2.05) is 4.98 Å². The van der Waals surface area contributed by atoms with Gasteiger partial charge in [0.15, 0.2) is 0 Å². The van der Waals surface area contributed by atoms with Crippen molar-refractivity contribution < 1.29 is 36.4 Å². The molecule has 2 aliphatic heterocycles. The molecule has 0 aliphatic carbocycles. The van der Waals surface area contributed by atoms with Crippen LogP contribution in [0.25, 0.3) is 0 Å². The van der Waals surface area contributed by atoms with Crippen LogP contribution in [-0.2, 0) is 24.5 Å². The Labute approximate surface area is 125 Å². The van der Waals surface area contributed by atoms with E-state index in [2.05, 4.69) is 4.52 Å². The molecule has 0 aromatic carbocycles. The average Bonchev–Trinajstić information content (AvgIpc) is 2.77. The van der Waals surface area contributed by atoms with Crippen molar-refractivity contribution in [2.75, 3.05) is 6.61 Å². The van der Waals surface area contributed by atoms with E-state index in [-0.39, 0.29) is 13.0 Å².